The Morgan fingerprint density at radius 3 is 2.91 bits per heavy atom. The topological polar surface area (TPSA) is 83.5 Å². The van der Waals surface area contributed by atoms with Crippen molar-refractivity contribution in [1.29, 1.82) is 0 Å². The highest BCUT2D eigenvalue weighted by Crippen LogP contribution is 2.38. The number of carbonyl (C=O) groups is 1. The third kappa shape index (κ3) is 4.36. The number of nitrogens with one attached hydrogen (secondary N) is 1. The lowest BCUT2D eigenvalue weighted by atomic mass is 10.2. The molecule has 2 aliphatic heterocycles. The van der Waals surface area contributed by atoms with E-state index in [2.05, 4.69) is 41.9 Å². The summed E-state index contributed by atoms with van der Waals surface area (Å²) in [5.41, 5.74) is 2.95. The summed E-state index contributed by atoms with van der Waals surface area (Å²) in [6, 6.07) is 7.68. The standard InChI is InChI=1S/C23H21ClN6O2/c24-17-4-3-16-5-7-30(20(16)12-17)23-18-13-21(25-14-19(18)26-15-27-23)28-22(31)2-1-6-29-8-10-32-11-9-29/h3-4,12-15H,5-11H2,(H,25,28,31). The number of pyridine rings is 1. The van der Waals surface area contributed by atoms with Gasteiger partial charge in [0.25, 0.3) is 0 Å². The van der Waals surface area contributed by atoms with Gasteiger partial charge in [-0.25, -0.2) is 15.0 Å². The Labute approximate surface area is 190 Å². The largest absolute Gasteiger partial charge is 0.379 e. The number of ether oxygens (including phenoxy) is 1. The molecule has 1 saturated heterocycles. The molecular formula is C23H21ClN6O2. The summed E-state index contributed by atoms with van der Waals surface area (Å²) >= 11 is 6.23. The monoisotopic (exact) mass is 448 g/mol. The summed E-state index contributed by atoms with van der Waals surface area (Å²) in [5, 5.41) is 4.23. The van der Waals surface area contributed by atoms with Crippen molar-refractivity contribution < 1.29 is 9.53 Å². The number of fused-ring (bicyclic) bond motifs is 2. The van der Waals surface area contributed by atoms with Crippen molar-refractivity contribution >= 4 is 45.7 Å². The van der Waals surface area contributed by atoms with E-state index < -0.39 is 5.91 Å². The second-order valence-electron chi connectivity index (χ2n) is 7.60. The summed E-state index contributed by atoms with van der Waals surface area (Å²) in [6.45, 7) is 4.39. The molecule has 8 nitrogen and oxygen atoms in total. The molecule has 1 aromatic carbocycles. The van der Waals surface area contributed by atoms with Crippen LogP contribution in [0.2, 0.25) is 5.02 Å². The zero-order chi connectivity index (χ0) is 21.9. The number of carbonyl (C=O) groups excluding carboxylic acids is 1. The molecule has 0 radical (unpaired) electrons. The van der Waals surface area contributed by atoms with E-state index in [4.69, 9.17) is 16.3 Å². The summed E-state index contributed by atoms with van der Waals surface area (Å²) < 4.78 is 5.32. The Morgan fingerprint density at radius 1 is 1.16 bits per heavy atom. The van der Waals surface area contributed by atoms with E-state index in [0.717, 1.165) is 42.9 Å². The minimum atomic E-state index is -0.401. The minimum absolute atomic E-state index is 0.401. The quantitative estimate of drug-likeness (QED) is 0.616. The number of aromatic nitrogens is 3. The fraction of sp³-hybridized carbons (Fsp3) is 0.304. The molecule has 2 aliphatic rings. The molecule has 1 amide bonds. The second kappa shape index (κ2) is 9.09. The predicted molar refractivity (Wildman–Crippen MR) is 123 cm³/mol. The highest BCUT2D eigenvalue weighted by Gasteiger charge is 2.23. The number of rotatable bonds is 3. The Morgan fingerprint density at radius 2 is 2.03 bits per heavy atom. The first-order valence-corrected chi connectivity index (χ1v) is 10.8. The van der Waals surface area contributed by atoms with Gasteiger partial charge in [-0.3, -0.25) is 15.0 Å². The highest BCUT2D eigenvalue weighted by atomic mass is 35.5. The Balaban J connectivity index is 1.37. The van der Waals surface area contributed by atoms with Gasteiger partial charge in [-0.15, -0.1) is 0 Å². The van der Waals surface area contributed by atoms with Crippen molar-refractivity contribution in [2.24, 2.45) is 0 Å². The minimum Gasteiger partial charge on any atom is -0.379 e. The second-order valence-corrected chi connectivity index (χ2v) is 8.04. The van der Waals surface area contributed by atoms with E-state index >= 15 is 0 Å². The van der Waals surface area contributed by atoms with E-state index in [1.165, 1.54) is 11.9 Å². The van der Waals surface area contributed by atoms with Crippen molar-refractivity contribution in [3.05, 3.63) is 47.4 Å². The van der Waals surface area contributed by atoms with Crippen LogP contribution in [0.3, 0.4) is 0 Å². The molecule has 0 aliphatic carbocycles. The molecule has 4 heterocycles. The lowest BCUT2D eigenvalue weighted by molar-refractivity contribution is -0.111. The number of nitrogens with zero attached hydrogens (tertiary/aromatic N) is 5. The summed E-state index contributed by atoms with van der Waals surface area (Å²) in [7, 11) is 0. The van der Waals surface area contributed by atoms with Crippen LogP contribution in [0.4, 0.5) is 17.3 Å². The molecule has 0 spiro atoms. The first-order chi connectivity index (χ1) is 15.7. The lowest BCUT2D eigenvalue weighted by Gasteiger charge is -2.24. The van der Waals surface area contributed by atoms with Crippen molar-refractivity contribution in [2.45, 2.75) is 6.42 Å². The van der Waals surface area contributed by atoms with Crippen LogP contribution in [0.15, 0.2) is 36.8 Å². The first kappa shape index (κ1) is 20.6. The van der Waals surface area contributed by atoms with E-state index in [1.54, 1.807) is 12.3 Å². The van der Waals surface area contributed by atoms with Crippen LogP contribution < -0.4 is 10.2 Å². The first-order valence-electron chi connectivity index (χ1n) is 10.4. The van der Waals surface area contributed by atoms with Gasteiger partial charge in [0.15, 0.2) is 0 Å². The Hall–Kier alpha value is -3.25. The molecule has 0 atom stereocenters. The van der Waals surface area contributed by atoms with Crippen LogP contribution >= 0.6 is 11.6 Å². The van der Waals surface area contributed by atoms with Gasteiger partial charge < -0.3 is 9.64 Å². The van der Waals surface area contributed by atoms with Gasteiger partial charge in [0.2, 0.25) is 0 Å². The van der Waals surface area contributed by atoms with Crippen LogP contribution in [-0.4, -0.2) is 65.2 Å². The Bertz CT molecular complexity index is 1230. The maximum Gasteiger partial charge on any atom is 0.301 e. The van der Waals surface area contributed by atoms with Crippen molar-refractivity contribution in [1.82, 2.24) is 19.9 Å². The molecule has 5 rings (SSSR count). The van der Waals surface area contributed by atoms with Crippen molar-refractivity contribution in [3.63, 3.8) is 0 Å². The molecular weight excluding hydrogens is 428 g/mol. The van der Waals surface area contributed by atoms with Crippen LogP contribution in [-0.2, 0) is 16.0 Å². The summed E-state index contributed by atoms with van der Waals surface area (Å²) in [5.74, 6) is 6.32. The fourth-order valence-electron chi connectivity index (χ4n) is 3.94. The number of benzene rings is 1. The van der Waals surface area contributed by atoms with Crippen LogP contribution in [0.5, 0.6) is 0 Å². The molecule has 1 fully saturated rings. The number of morpholine rings is 1. The third-order valence-electron chi connectivity index (χ3n) is 5.55. The van der Waals surface area contributed by atoms with Crippen LogP contribution in [0.25, 0.3) is 10.9 Å². The third-order valence-corrected chi connectivity index (χ3v) is 5.78. The van der Waals surface area contributed by atoms with Gasteiger partial charge in [-0.2, -0.15) is 0 Å². The average Bonchev–Trinajstić information content (AvgIpc) is 3.22. The predicted octanol–water partition coefficient (Wildman–Crippen LogP) is 2.65. The maximum atomic E-state index is 12.3. The van der Waals surface area contributed by atoms with Gasteiger partial charge in [-0.05, 0) is 36.1 Å². The fourth-order valence-corrected chi connectivity index (χ4v) is 4.11. The van der Waals surface area contributed by atoms with Gasteiger partial charge in [0.05, 0.1) is 31.5 Å². The molecule has 162 valence electrons. The normalized spacial score (nSPS) is 15.8. The summed E-state index contributed by atoms with van der Waals surface area (Å²) in [4.78, 5) is 29.8. The number of amides is 1. The zero-order valence-corrected chi connectivity index (χ0v) is 18.1. The van der Waals surface area contributed by atoms with E-state index in [1.807, 2.05) is 18.2 Å². The molecule has 0 bridgehead atoms. The molecule has 0 saturated carbocycles. The van der Waals surface area contributed by atoms with Crippen LogP contribution in [0, 0.1) is 11.8 Å². The SMILES string of the molecule is O=C(C#CCN1CCOCC1)Nc1cc2c(N3CCc4ccc(Cl)cc43)ncnc2cn1. The molecule has 32 heavy (non-hydrogen) atoms. The van der Waals surface area contributed by atoms with Crippen LogP contribution in [0.1, 0.15) is 5.56 Å². The number of hydrogen-bond donors (Lipinski definition) is 1. The number of anilines is 3. The Kier molecular flexibility index (Phi) is 5.86. The highest BCUT2D eigenvalue weighted by molar-refractivity contribution is 6.31. The molecule has 3 aromatic rings. The summed E-state index contributed by atoms with van der Waals surface area (Å²) in [6.07, 6.45) is 4.06. The van der Waals surface area contributed by atoms with E-state index in [0.29, 0.717) is 36.1 Å². The van der Waals surface area contributed by atoms with Crippen molar-refractivity contribution in [3.8, 4) is 11.8 Å². The van der Waals surface area contributed by atoms with Crippen molar-refractivity contribution in [2.75, 3.05) is 49.6 Å². The maximum absolute atomic E-state index is 12.3. The molecule has 0 unspecified atom stereocenters. The molecule has 1 N–H and O–H groups in total. The average molecular weight is 449 g/mol. The number of hydrogen-bond acceptors (Lipinski definition) is 7. The smallest absolute Gasteiger partial charge is 0.301 e. The van der Waals surface area contributed by atoms with E-state index in [9.17, 15) is 4.79 Å². The molecule has 9 heteroatoms. The lowest BCUT2D eigenvalue weighted by Crippen LogP contribution is -2.36. The zero-order valence-electron chi connectivity index (χ0n) is 17.3. The van der Waals surface area contributed by atoms with Gasteiger partial charge in [0, 0.05) is 35.7 Å². The van der Waals surface area contributed by atoms with Gasteiger partial charge >= 0.3 is 5.91 Å². The number of halogens is 1. The van der Waals surface area contributed by atoms with E-state index in [-0.39, 0.29) is 0 Å². The van der Waals surface area contributed by atoms with Gasteiger partial charge in [0.1, 0.15) is 18.0 Å². The van der Waals surface area contributed by atoms with Gasteiger partial charge in [-0.1, -0.05) is 23.6 Å². The molecule has 2 aromatic heterocycles.